The molecule has 0 bridgehead atoms. The Morgan fingerprint density at radius 2 is 2.24 bits per heavy atom. The van der Waals surface area contributed by atoms with Gasteiger partial charge in [-0.3, -0.25) is 5.10 Å². The molecule has 1 saturated heterocycles. The van der Waals surface area contributed by atoms with E-state index in [9.17, 15) is 8.42 Å². The standard InChI is InChI=1S/C13H15BrN4O2S/c14-10-4-1-3-9(7-10)11-5-2-6-18(11)21(19,20)12-8-16-17-13(12)15/h1,3-4,7-8,11H,2,5-6H2,(H3,15,16,17). The second-order valence-corrected chi connectivity index (χ2v) is 7.75. The van der Waals surface area contributed by atoms with E-state index in [0.29, 0.717) is 6.54 Å². The lowest BCUT2D eigenvalue weighted by atomic mass is 10.1. The van der Waals surface area contributed by atoms with Crippen LogP contribution in [0, 0.1) is 0 Å². The average molecular weight is 371 g/mol. The van der Waals surface area contributed by atoms with E-state index in [4.69, 9.17) is 5.73 Å². The third kappa shape index (κ3) is 2.58. The molecule has 2 aromatic rings. The summed E-state index contributed by atoms with van der Waals surface area (Å²) in [4.78, 5) is 0.0457. The summed E-state index contributed by atoms with van der Waals surface area (Å²) in [7, 11) is -3.64. The molecule has 1 aliphatic heterocycles. The van der Waals surface area contributed by atoms with Crippen LogP contribution >= 0.6 is 15.9 Å². The summed E-state index contributed by atoms with van der Waals surface area (Å²) >= 11 is 3.43. The average Bonchev–Trinajstić information content (AvgIpc) is 3.07. The molecule has 0 amide bonds. The van der Waals surface area contributed by atoms with E-state index in [2.05, 4.69) is 26.1 Å². The highest BCUT2D eigenvalue weighted by molar-refractivity contribution is 9.10. The SMILES string of the molecule is Nc1[nH]ncc1S(=O)(=O)N1CCCC1c1cccc(Br)c1. The number of nitrogens with one attached hydrogen (secondary N) is 1. The number of aromatic amines is 1. The van der Waals surface area contributed by atoms with E-state index < -0.39 is 10.0 Å². The minimum absolute atomic E-state index is 0.0457. The topological polar surface area (TPSA) is 92.1 Å². The van der Waals surface area contributed by atoms with Gasteiger partial charge in [0.15, 0.2) is 0 Å². The first-order valence-electron chi connectivity index (χ1n) is 6.56. The van der Waals surface area contributed by atoms with Gasteiger partial charge in [-0.25, -0.2) is 8.42 Å². The Bertz CT molecular complexity index is 759. The molecule has 8 heteroatoms. The normalized spacial score (nSPS) is 20.0. The van der Waals surface area contributed by atoms with E-state index >= 15 is 0 Å². The van der Waals surface area contributed by atoms with Crippen molar-refractivity contribution < 1.29 is 8.42 Å². The Morgan fingerprint density at radius 1 is 1.43 bits per heavy atom. The van der Waals surface area contributed by atoms with Crippen LogP contribution in [-0.2, 0) is 10.0 Å². The maximum absolute atomic E-state index is 12.8. The fraction of sp³-hybridized carbons (Fsp3) is 0.308. The van der Waals surface area contributed by atoms with Crippen molar-refractivity contribution in [3.8, 4) is 0 Å². The Balaban J connectivity index is 2.00. The van der Waals surface area contributed by atoms with Gasteiger partial charge in [0, 0.05) is 11.0 Å². The number of hydrogen-bond donors (Lipinski definition) is 2. The first-order valence-corrected chi connectivity index (χ1v) is 8.79. The molecule has 0 saturated carbocycles. The van der Waals surface area contributed by atoms with Gasteiger partial charge >= 0.3 is 0 Å². The maximum atomic E-state index is 12.8. The quantitative estimate of drug-likeness (QED) is 0.866. The molecule has 3 N–H and O–H groups in total. The summed E-state index contributed by atoms with van der Waals surface area (Å²) < 4.78 is 28.0. The molecule has 1 aromatic carbocycles. The van der Waals surface area contributed by atoms with E-state index in [1.54, 1.807) is 0 Å². The predicted octanol–water partition coefficient (Wildman–Crippen LogP) is 2.28. The van der Waals surface area contributed by atoms with Crippen LogP contribution in [-0.4, -0.2) is 29.5 Å². The van der Waals surface area contributed by atoms with Gasteiger partial charge in [0.2, 0.25) is 10.0 Å². The van der Waals surface area contributed by atoms with Crippen molar-refractivity contribution in [1.29, 1.82) is 0 Å². The van der Waals surface area contributed by atoms with Crippen molar-refractivity contribution >= 4 is 31.8 Å². The second-order valence-electron chi connectivity index (χ2n) is 4.98. The van der Waals surface area contributed by atoms with Crippen LogP contribution in [0.25, 0.3) is 0 Å². The van der Waals surface area contributed by atoms with E-state index in [0.717, 1.165) is 22.9 Å². The number of benzene rings is 1. The van der Waals surface area contributed by atoms with E-state index in [1.165, 1.54) is 10.5 Å². The Morgan fingerprint density at radius 3 is 2.90 bits per heavy atom. The van der Waals surface area contributed by atoms with Crippen molar-refractivity contribution in [2.45, 2.75) is 23.8 Å². The lowest BCUT2D eigenvalue weighted by molar-refractivity contribution is 0.397. The summed E-state index contributed by atoms with van der Waals surface area (Å²) in [5.41, 5.74) is 6.65. The molecular weight excluding hydrogens is 356 g/mol. The first-order chi connectivity index (χ1) is 10.00. The summed E-state index contributed by atoms with van der Waals surface area (Å²) in [6.07, 6.45) is 2.89. The lowest BCUT2D eigenvalue weighted by Crippen LogP contribution is -2.31. The highest BCUT2D eigenvalue weighted by Gasteiger charge is 2.37. The maximum Gasteiger partial charge on any atom is 0.248 e. The van der Waals surface area contributed by atoms with Gasteiger partial charge in [-0.2, -0.15) is 9.40 Å². The zero-order valence-electron chi connectivity index (χ0n) is 11.2. The number of halogens is 1. The largest absolute Gasteiger partial charge is 0.383 e. The van der Waals surface area contributed by atoms with Crippen LogP contribution in [0.5, 0.6) is 0 Å². The van der Waals surface area contributed by atoms with Gasteiger partial charge in [-0.05, 0) is 30.5 Å². The molecule has 2 heterocycles. The van der Waals surface area contributed by atoms with Crippen LogP contribution in [0.3, 0.4) is 0 Å². The van der Waals surface area contributed by atoms with Gasteiger partial charge < -0.3 is 5.73 Å². The zero-order chi connectivity index (χ0) is 15.0. The molecule has 0 radical (unpaired) electrons. The predicted molar refractivity (Wildman–Crippen MR) is 83.0 cm³/mol. The van der Waals surface area contributed by atoms with Crippen molar-refractivity contribution in [2.24, 2.45) is 0 Å². The summed E-state index contributed by atoms with van der Waals surface area (Å²) in [6, 6.07) is 7.57. The van der Waals surface area contributed by atoms with Crippen molar-refractivity contribution in [1.82, 2.24) is 14.5 Å². The minimum atomic E-state index is -3.64. The second kappa shape index (κ2) is 5.43. The minimum Gasteiger partial charge on any atom is -0.383 e. The van der Waals surface area contributed by atoms with Gasteiger partial charge in [0.25, 0.3) is 0 Å². The summed E-state index contributed by atoms with van der Waals surface area (Å²) in [5.74, 6) is 0.0786. The molecule has 1 unspecified atom stereocenters. The number of rotatable bonds is 3. The monoisotopic (exact) mass is 370 g/mol. The molecule has 3 rings (SSSR count). The molecule has 1 atom stereocenters. The number of H-pyrrole nitrogens is 1. The van der Waals surface area contributed by atoms with Gasteiger partial charge in [0.05, 0.1) is 12.2 Å². The molecule has 6 nitrogen and oxygen atoms in total. The fourth-order valence-corrected chi connectivity index (χ4v) is 4.80. The Kier molecular flexibility index (Phi) is 3.76. The molecule has 112 valence electrons. The van der Waals surface area contributed by atoms with Crippen molar-refractivity contribution in [3.63, 3.8) is 0 Å². The molecular formula is C13H15BrN4O2S. The highest BCUT2D eigenvalue weighted by Crippen LogP contribution is 2.37. The van der Waals surface area contributed by atoms with Gasteiger partial charge in [0.1, 0.15) is 10.7 Å². The smallest absolute Gasteiger partial charge is 0.248 e. The van der Waals surface area contributed by atoms with Gasteiger partial charge in [-0.15, -0.1) is 0 Å². The first kappa shape index (κ1) is 14.6. The Labute approximate surface area is 131 Å². The number of nitrogens with two attached hydrogens (primary N) is 1. The van der Waals surface area contributed by atoms with Crippen LogP contribution < -0.4 is 5.73 Å². The van der Waals surface area contributed by atoms with E-state index in [1.807, 2.05) is 24.3 Å². The third-order valence-electron chi connectivity index (χ3n) is 3.66. The highest BCUT2D eigenvalue weighted by atomic mass is 79.9. The van der Waals surface area contributed by atoms with Crippen LogP contribution in [0.2, 0.25) is 0 Å². The van der Waals surface area contributed by atoms with Crippen LogP contribution in [0.4, 0.5) is 5.82 Å². The fourth-order valence-electron chi connectivity index (χ4n) is 2.69. The molecule has 21 heavy (non-hydrogen) atoms. The molecule has 1 fully saturated rings. The number of nitrogens with zero attached hydrogens (tertiary/aromatic N) is 2. The third-order valence-corrected chi connectivity index (χ3v) is 6.08. The lowest BCUT2D eigenvalue weighted by Gasteiger charge is -2.24. The number of anilines is 1. The van der Waals surface area contributed by atoms with Crippen molar-refractivity contribution in [2.75, 3.05) is 12.3 Å². The number of hydrogen-bond acceptors (Lipinski definition) is 4. The van der Waals surface area contributed by atoms with E-state index in [-0.39, 0.29) is 16.8 Å². The zero-order valence-corrected chi connectivity index (χ0v) is 13.6. The summed E-state index contributed by atoms with van der Waals surface area (Å²) in [6.45, 7) is 0.490. The molecule has 0 aliphatic carbocycles. The van der Waals surface area contributed by atoms with Crippen LogP contribution in [0.15, 0.2) is 39.8 Å². The summed E-state index contributed by atoms with van der Waals surface area (Å²) in [5, 5.41) is 6.18. The van der Waals surface area contributed by atoms with Gasteiger partial charge in [-0.1, -0.05) is 28.1 Å². The Hall–Kier alpha value is -1.38. The molecule has 1 aromatic heterocycles. The molecule has 0 spiro atoms. The van der Waals surface area contributed by atoms with Crippen LogP contribution in [0.1, 0.15) is 24.4 Å². The number of sulfonamides is 1. The number of nitrogen functional groups attached to an aromatic ring is 1. The number of aromatic nitrogens is 2. The van der Waals surface area contributed by atoms with Crippen molar-refractivity contribution in [3.05, 3.63) is 40.5 Å². The molecule has 1 aliphatic rings.